The lowest BCUT2D eigenvalue weighted by molar-refractivity contribution is 0.513. The minimum absolute atomic E-state index is 0.819. The van der Waals surface area contributed by atoms with Crippen LogP contribution in [0.4, 0.5) is 0 Å². The highest BCUT2D eigenvalue weighted by Gasteiger charge is 2.21. The number of nitrogens with two attached hydrogens (primary N) is 2. The second-order valence-corrected chi connectivity index (χ2v) is 5.92. The molecule has 0 atom stereocenters. The monoisotopic (exact) mass is 202 g/mol. The summed E-state index contributed by atoms with van der Waals surface area (Å²) in [6.45, 7) is 0. The molecule has 0 fully saturated rings. The summed E-state index contributed by atoms with van der Waals surface area (Å²) in [5, 5.41) is 0. The Kier molecular flexibility index (Phi) is 3.18. The maximum absolute atomic E-state index is 10.8. The standard InChI is InChI=1S/C2H11N4O3PS/c1-6(2)11(8,9)5-10(3,4)7/h1-2H3,(H5,3,4,5,7). The van der Waals surface area contributed by atoms with Gasteiger partial charge in [0.15, 0.2) is 0 Å². The quantitative estimate of drug-likeness (QED) is 0.476. The van der Waals surface area contributed by atoms with Crippen LogP contribution in [0.3, 0.4) is 0 Å². The van der Waals surface area contributed by atoms with Crippen molar-refractivity contribution in [2.45, 2.75) is 0 Å². The fourth-order valence-corrected chi connectivity index (χ4v) is 2.36. The minimum Gasteiger partial charge on any atom is -0.270 e. The molecule has 0 aliphatic rings. The summed E-state index contributed by atoms with van der Waals surface area (Å²) in [7, 11) is -4.98. The molecular formula is C2H11N4O3PS. The van der Waals surface area contributed by atoms with Crippen LogP contribution >= 0.6 is 7.59 Å². The van der Waals surface area contributed by atoms with Crippen LogP contribution in [0.15, 0.2) is 0 Å². The molecule has 0 bridgehead atoms. The molecule has 0 saturated heterocycles. The molecule has 0 aliphatic carbocycles. The van der Waals surface area contributed by atoms with E-state index in [4.69, 9.17) is 11.0 Å². The molecule has 0 radical (unpaired) electrons. The molecule has 0 saturated carbocycles. The second kappa shape index (κ2) is 3.18. The molecule has 7 nitrogen and oxygen atoms in total. The van der Waals surface area contributed by atoms with Gasteiger partial charge >= 0.3 is 0 Å². The van der Waals surface area contributed by atoms with Crippen LogP contribution in [0.2, 0.25) is 0 Å². The molecule has 0 rings (SSSR count). The lowest BCUT2D eigenvalue weighted by Gasteiger charge is -2.13. The lowest BCUT2D eigenvalue weighted by atomic mass is 11.3. The van der Waals surface area contributed by atoms with Crippen LogP contribution in [-0.2, 0) is 14.8 Å². The molecule has 5 N–H and O–H groups in total. The van der Waals surface area contributed by atoms with Gasteiger partial charge < -0.3 is 0 Å². The summed E-state index contributed by atoms with van der Waals surface area (Å²) >= 11 is 0. The third-order valence-corrected chi connectivity index (χ3v) is 3.76. The molecule has 9 heteroatoms. The number of nitrogens with one attached hydrogen (secondary N) is 1. The topological polar surface area (TPSA) is 119 Å². The van der Waals surface area contributed by atoms with Gasteiger partial charge in [-0.25, -0.2) is 0 Å². The molecule has 0 spiro atoms. The first-order valence-corrected chi connectivity index (χ1v) is 5.82. The van der Waals surface area contributed by atoms with Gasteiger partial charge in [-0.15, -0.1) is 4.49 Å². The third-order valence-electron chi connectivity index (χ3n) is 0.739. The Labute approximate surface area is 65.4 Å². The van der Waals surface area contributed by atoms with Crippen LogP contribution in [0.25, 0.3) is 0 Å². The van der Waals surface area contributed by atoms with E-state index in [1.807, 2.05) is 0 Å². The van der Waals surface area contributed by atoms with Gasteiger partial charge in [0.1, 0.15) is 0 Å². The van der Waals surface area contributed by atoms with Gasteiger partial charge in [0, 0.05) is 14.1 Å². The lowest BCUT2D eigenvalue weighted by Crippen LogP contribution is -2.37. The van der Waals surface area contributed by atoms with Gasteiger partial charge in [0.05, 0.1) is 0 Å². The number of nitrogens with zero attached hydrogens (tertiary/aromatic N) is 1. The van der Waals surface area contributed by atoms with Crippen molar-refractivity contribution < 1.29 is 13.0 Å². The highest BCUT2D eigenvalue weighted by molar-refractivity contribution is 7.93. The average molecular weight is 202 g/mol. The summed E-state index contributed by atoms with van der Waals surface area (Å²) in [6.07, 6.45) is 0. The zero-order chi connectivity index (χ0) is 9.28. The van der Waals surface area contributed by atoms with E-state index >= 15 is 0 Å². The van der Waals surface area contributed by atoms with Crippen molar-refractivity contribution in [1.29, 1.82) is 0 Å². The maximum Gasteiger partial charge on any atom is 0.288 e. The van der Waals surface area contributed by atoms with Crippen molar-refractivity contribution in [2.75, 3.05) is 14.1 Å². The highest BCUT2D eigenvalue weighted by Crippen LogP contribution is 2.19. The summed E-state index contributed by atoms with van der Waals surface area (Å²) in [6, 6.07) is 0. The fraction of sp³-hybridized carbons (Fsp3) is 1.00. The van der Waals surface area contributed by atoms with Crippen molar-refractivity contribution in [3.05, 3.63) is 0 Å². The normalized spacial score (nSPS) is 13.9. The van der Waals surface area contributed by atoms with Gasteiger partial charge in [-0.3, -0.25) is 15.6 Å². The van der Waals surface area contributed by atoms with Gasteiger partial charge in [0.25, 0.3) is 17.8 Å². The van der Waals surface area contributed by atoms with Gasteiger partial charge in [-0.05, 0) is 0 Å². The Balaban J connectivity index is 4.54. The average Bonchev–Trinajstić information content (AvgIpc) is 1.56. The zero-order valence-corrected chi connectivity index (χ0v) is 7.89. The van der Waals surface area contributed by atoms with Crippen LogP contribution in [0, 0.1) is 0 Å². The summed E-state index contributed by atoms with van der Waals surface area (Å²) in [5.74, 6) is 0. The molecule has 0 aromatic heterocycles. The van der Waals surface area contributed by atoms with Crippen molar-refractivity contribution in [3.8, 4) is 0 Å². The molecule has 0 unspecified atom stereocenters. The largest absolute Gasteiger partial charge is 0.288 e. The molecule has 11 heavy (non-hydrogen) atoms. The van der Waals surface area contributed by atoms with Crippen LogP contribution in [0.1, 0.15) is 0 Å². The maximum atomic E-state index is 10.8. The Bertz CT molecular complexity index is 265. The number of rotatable bonds is 3. The van der Waals surface area contributed by atoms with Gasteiger partial charge in [-0.1, -0.05) is 0 Å². The Hall–Kier alpha value is 0.0200. The smallest absolute Gasteiger partial charge is 0.270 e. The van der Waals surface area contributed by atoms with Gasteiger partial charge in [0.2, 0.25) is 0 Å². The van der Waals surface area contributed by atoms with E-state index in [9.17, 15) is 13.0 Å². The Morgan fingerprint density at radius 3 is 1.82 bits per heavy atom. The molecular weight excluding hydrogens is 191 g/mol. The van der Waals surface area contributed by atoms with E-state index in [1.165, 1.54) is 14.1 Å². The van der Waals surface area contributed by atoms with E-state index in [0.29, 0.717) is 0 Å². The first-order chi connectivity index (χ1) is 4.65. The first-order valence-electron chi connectivity index (χ1n) is 2.54. The number of hydrogen-bond acceptors (Lipinski definition) is 3. The van der Waals surface area contributed by atoms with E-state index in [1.54, 1.807) is 4.49 Å². The zero-order valence-electron chi connectivity index (χ0n) is 6.18. The highest BCUT2D eigenvalue weighted by atomic mass is 32.2. The molecule has 0 heterocycles. The van der Waals surface area contributed by atoms with Crippen LogP contribution < -0.4 is 15.5 Å². The first kappa shape index (κ1) is 11.0. The Morgan fingerprint density at radius 1 is 1.36 bits per heavy atom. The van der Waals surface area contributed by atoms with E-state index in [2.05, 4.69) is 0 Å². The van der Waals surface area contributed by atoms with Crippen LogP contribution in [-0.4, -0.2) is 26.8 Å². The van der Waals surface area contributed by atoms with Crippen molar-refractivity contribution in [2.24, 2.45) is 11.0 Å². The Morgan fingerprint density at radius 2 is 1.73 bits per heavy atom. The SMILES string of the molecule is CN(C)S(=O)(=O)NP(N)(N)=O. The molecule has 0 aromatic rings. The van der Waals surface area contributed by atoms with Crippen molar-refractivity contribution >= 4 is 17.8 Å². The fourth-order valence-electron chi connectivity index (χ4n) is 0.262. The van der Waals surface area contributed by atoms with Crippen molar-refractivity contribution in [1.82, 2.24) is 8.80 Å². The van der Waals surface area contributed by atoms with E-state index in [-0.39, 0.29) is 0 Å². The summed E-state index contributed by atoms with van der Waals surface area (Å²) in [4.78, 5) is 0. The predicted molar refractivity (Wildman–Crippen MR) is 41.7 cm³/mol. The molecule has 0 aromatic carbocycles. The molecule has 0 amide bonds. The van der Waals surface area contributed by atoms with E-state index < -0.39 is 17.8 Å². The van der Waals surface area contributed by atoms with Crippen molar-refractivity contribution in [3.63, 3.8) is 0 Å². The van der Waals surface area contributed by atoms with Gasteiger partial charge in [-0.2, -0.15) is 12.7 Å². The minimum atomic E-state index is -3.79. The summed E-state index contributed by atoms with van der Waals surface area (Å²) in [5.41, 5.74) is 9.55. The molecule has 0 aliphatic heterocycles. The molecule has 68 valence electrons. The van der Waals surface area contributed by atoms with Crippen LogP contribution in [0.5, 0.6) is 0 Å². The second-order valence-electron chi connectivity index (χ2n) is 2.09. The van der Waals surface area contributed by atoms with E-state index in [0.717, 1.165) is 4.31 Å². The summed E-state index contributed by atoms with van der Waals surface area (Å²) < 4.78 is 34.7. The predicted octanol–water partition coefficient (Wildman–Crippen LogP) is -1.59. The number of hydrogen-bond donors (Lipinski definition) is 3. The third kappa shape index (κ3) is 4.46.